The molecule has 1 amide bonds. The Balaban J connectivity index is 1.32. The summed E-state index contributed by atoms with van der Waals surface area (Å²) in [7, 11) is 0. The zero-order valence-electron chi connectivity index (χ0n) is 19.0. The van der Waals surface area contributed by atoms with E-state index in [2.05, 4.69) is 70.7 Å². The van der Waals surface area contributed by atoms with Crippen molar-refractivity contribution in [2.24, 2.45) is 5.92 Å². The van der Waals surface area contributed by atoms with Crippen molar-refractivity contribution in [2.45, 2.75) is 45.6 Å². The first-order valence-corrected chi connectivity index (χ1v) is 11.6. The van der Waals surface area contributed by atoms with Gasteiger partial charge in [0.05, 0.1) is 11.6 Å². The first kappa shape index (κ1) is 22.0. The van der Waals surface area contributed by atoms with E-state index in [4.69, 9.17) is 0 Å². The third kappa shape index (κ3) is 5.52. The highest BCUT2D eigenvalue weighted by atomic mass is 16.2. The van der Waals surface area contributed by atoms with E-state index in [0.29, 0.717) is 6.54 Å². The Bertz CT molecular complexity index is 1020. The van der Waals surface area contributed by atoms with Crippen molar-refractivity contribution in [3.8, 4) is 11.3 Å². The molecule has 5 heteroatoms. The lowest BCUT2D eigenvalue weighted by Gasteiger charge is -2.33. The Hall–Kier alpha value is -3.21. The van der Waals surface area contributed by atoms with Gasteiger partial charge < -0.3 is 10.2 Å². The van der Waals surface area contributed by atoms with Gasteiger partial charge in [-0.3, -0.25) is 4.79 Å². The lowest BCUT2D eigenvalue weighted by atomic mass is 9.96. The van der Waals surface area contributed by atoms with E-state index in [1.54, 1.807) is 0 Å². The molecule has 5 nitrogen and oxygen atoms in total. The van der Waals surface area contributed by atoms with Crippen molar-refractivity contribution >= 4 is 11.7 Å². The van der Waals surface area contributed by atoms with E-state index >= 15 is 0 Å². The Morgan fingerprint density at radius 1 is 1.06 bits per heavy atom. The maximum absolute atomic E-state index is 12.9. The van der Waals surface area contributed by atoms with E-state index in [1.165, 1.54) is 11.1 Å². The van der Waals surface area contributed by atoms with Gasteiger partial charge in [0.15, 0.2) is 5.82 Å². The minimum absolute atomic E-state index is 0.0132. The first-order chi connectivity index (χ1) is 15.6. The van der Waals surface area contributed by atoms with Gasteiger partial charge in [-0.25, -0.2) is 0 Å². The van der Waals surface area contributed by atoms with Crippen LogP contribution in [0, 0.1) is 12.8 Å². The topological polar surface area (TPSA) is 58.1 Å². The van der Waals surface area contributed by atoms with Gasteiger partial charge >= 0.3 is 0 Å². The highest BCUT2D eigenvalue weighted by Crippen LogP contribution is 2.25. The fourth-order valence-electron chi connectivity index (χ4n) is 4.36. The molecular formula is C27H32N4O. The third-order valence-electron chi connectivity index (χ3n) is 6.29. The van der Waals surface area contributed by atoms with Crippen molar-refractivity contribution in [3.05, 3.63) is 77.9 Å². The van der Waals surface area contributed by atoms with E-state index in [9.17, 15) is 4.79 Å². The number of aromatic nitrogens is 2. The van der Waals surface area contributed by atoms with Gasteiger partial charge in [0, 0.05) is 24.7 Å². The van der Waals surface area contributed by atoms with Crippen LogP contribution in [-0.2, 0) is 11.2 Å². The van der Waals surface area contributed by atoms with Crippen molar-refractivity contribution < 1.29 is 4.79 Å². The first-order valence-electron chi connectivity index (χ1n) is 11.6. The van der Waals surface area contributed by atoms with Crippen molar-refractivity contribution in [3.63, 3.8) is 0 Å². The van der Waals surface area contributed by atoms with E-state index in [0.717, 1.165) is 49.3 Å². The van der Waals surface area contributed by atoms with Crippen molar-refractivity contribution in [1.82, 2.24) is 15.5 Å². The maximum Gasteiger partial charge on any atom is 0.225 e. The lowest BCUT2D eigenvalue weighted by molar-refractivity contribution is -0.125. The normalized spacial score (nSPS) is 17.1. The summed E-state index contributed by atoms with van der Waals surface area (Å²) in [5.41, 5.74) is 4.48. The van der Waals surface area contributed by atoms with Gasteiger partial charge in [0.25, 0.3) is 0 Å². The second-order valence-corrected chi connectivity index (χ2v) is 8.81. The number of hydrogen-bond acceptors (Lipinski definition) is 4. The van der Waals surface area contributed by atoms with Crippen LogP contribution in [0.5, 0.6) is 0 Å². The molecule has 1 saturated heterocycles. The molecule has 0 unspecified atom stereocenters. The molecule has 4 rings (SSSR count). The van der Waals surface area contributed by atoms with E-state index in [-0.39, 0.29) is 17.9 Å². The number of amides is 1. The average molecular weight is 429 g/mol. The van der Waals surface area contributed by atoms with Gasteiger partial charge in [-0.2, -0.15) is 0 Å². The van der Waals surface area contributed by atoms with Crippen LogP contribution in [0.1, 0.15) is 37.3 Å². The van der Waals surface area contributed by atoms with Gasteiger partial charge in [-0.1, -0.05) is 54.6 Å². The fraction of sp³-hybridized carbons (Fsp3) is 0.370. The van der Waals surface area contributed by atoms with Crippen LogP contribution in [-0.4, -0.2) is 35.2 Å². The highest BCUT2D eigenvalue weighted by molar-refractivity contribution is 5.79. The standard InChI is InChI=1S/C27H32N4O/c1-20-9-6-7-13-24(20)25-16-17-26(30-29-25)31-18-8-12-23(19-31)27(32)28-21(2)14-15-22-10-4-3-5-11-22/h3-7,9-11,13,16-17,21,23H,8,12,14-15,18-19H2,1-2H3,(H,28,32)/t21-,23+/m1/s1. The third-order valence-corrected chi connectivity index (χ3v) is 6.29. The molecule has 1 fully saturated rings. The van der Waals surface area contributed by atoms with Crippen LogP contribution in [0.25, 0.3) is 11.3 Å². The molecule has 2 heterocycles. The van der Waals surface area contributed by atoms with E-state index in [1.807, 2.05) is 30.3 Å². The molecule has 3 aromatic rings. The number of anilines is 1. The molecule has 0 bridgehead atoms. The summed E-state index contributed by atoms with van der Waals surface area (Å²) < 4.78 is 0. The lowest BCUT2D eigenvalue weighted by Crippen LogP contribution is -2.45. The van der Waals surface area contributed by atoms with Crippen molar-refractivity contribution in [2.75, 3.05) is 18.0 Å². The molecule has 0 saturated carbocycles. The van der Waals surface area contributed by atoms with Crippen LogP contribution in [0.2, 0.25) is 0 Å². The zero-order chi connectivity index (χ0) is 22.3. The summed E-state index contributed by atoms with van der Waals surface area (Å²) >= 11 is 0. The van der Waals surface area contributed by atoms with Crippen LogP contribution in [0.4, 0.5) is 5.82 Å². The van der Waals surface area contributed by atoms with Crippen LogP contribution >= 0.6 is 0 Å². The fourth-order valence-corrected chi connectivity index (χ4v) is 4.36. The molecule has 0 radical (unpaired) electrons. The van der Waals surface area contributed by atoms with Crippen LogP contribution in [0.3, 0.4) is 0 Å². The minimum Gasteiger partial charge on any atom is -0.354 e. The number of nitrogens with one attached hydrogen (secondary N) is 1. The van der Waals surface area contributed by atoms with E-state index < -0.39 is 0 Å². The second-order valence-electron chi connectivity index (χ2n) is 8.81. The van der Waals surface area contributed by atoms with Crippen LogP contribution in [0.15, 0.2) is 66.7 Å². The number of benzene rings is 2. The number of hydrogen-bond donors (Lipinski definition) is 1. The summed E-state index contributed by atoms with van der Waals surface area (Å²) in [6, 6.07) is 22.8. The maximum atomic E-state index is 12.9. The minimum atomic E-state index is -0.0132. The molecule has 1 aliphatic rings. The number of piperidine rings is 1. The molecule has 166 valence electrons. The Morgan fingerprint density at radius 2 is 1.84 bits per heavy atom. The smallest absolute Gasteiger partial charge is 0.225 e. The molecule has 1 aliphatic heterocycles. The molecule has 1 N–H and O–H groups in total. The average Bonchev–Trinajstić information content (AvgIpc) is 2.84. The largest absolute Gasteiger partial charge is 0.354 e. The molecule has 0 aliphatic carbocycles. The van der Waals surface area contributed by atoms with Crippen LogP contribution < -0.4 is 10.2 Å². The van der Waals surface area contributed by atoms with Gasteiger partial charge in [-0.15, -0.1) is 10.2 Å². The monoisotopic (exact) mass is 428 g/mol. The Labute approximate surface area is 190 Å². The summed E-state index contributed by atoms with van der Waals surface area (Å²) in [5.74, 6) is 0.984. The summed E-state index contributed by atoms with van der Waals surface area (Å²) in [6.45, 7) is 5.78. The molecule has 32 heavy (non-hydrogen) atoms. The van der Waals surface area contributed by atoms with Gasteiger partial charge in [0.2, 0.25) is 5.91 Å². The summed E-state index contributed by atoms with van der Waals surface area (Å²) in [4.78, 5) is 15.1. The Kier molecular flexibility index (Phi) is 7.15. The Morgan fingerprint density at radius 3 is 2.59 bits per heavy atom. The molecule has 2 atom stereocenters. The number of carbonyl (C=O) groups is 1. The SMILES string of the molecule is Cc1ccccc1-c1ccc(N2CCC[C@H](C(=O)N[C@H](C)CCc3ccccc3)C2)nn1. The summed E-state index contributed by atoms with van der Waals surface area (Å²) in [5, 5.41) is 12.2. The zero-order valence-corrected chi connectivity index (χ0v) is 19.0. The predicted octanol–water partition coefficient (Wildman–Crippen LogP) is 4.81. The molecule has 1 aromatic heterocycles. The number of aryl methyl sites for hydroxylation is 2. The number of carbonyl (C=O) groups excluding carboxylic acids is 1. The molecule has 0 spiro atoms. The number of nitrogens with zero attached hydrogens (tertiary/aromatic N) is 3. The van der Waals surface area contributed by atoms with Crippen molar-refractivity contribution in [1.29, 1.82) is 0 Å². The van der Waals surface area contributed by atoms with Gasteiger partial charge in [0.1, 0.15) is 0 Å². The molecular weight excluding hydrogens is 396 g/mol. The number of rotatable bonds is 7. The summed E-state index contributed by atoms with van der Waals surface area (Å²) in [6.07, 6.45) is 3.82. The second kappa shape index (κ2) is 10.4. The predicted molar refractivity (Wildman–Crippen MR) is 130 cm³/mol. The van der Waals surface area contributed by atoms with Gasteiger partial charge in [-0.05, 0) is 62.8 Å². The quantitative estimate of drug-likeness (QED) is 0.587. The molecule has 2 aromatic carbocycles. The highest BCUT2D eigenvalue weighted by Gasteiger charge is 2.27.